The molecule has 150 valence electrons. The van der Waals surface area contributed by atoms with Crippen molar-refractivity contribution in [2.24, 2.45) is 21.1 Å². The molecule has 0 saturated carbocycles. The Kier molecular flexibility index (Phi) is 4.24. The van der Waals surface area contributed by atoms with Gasteiger partial charge in [-0.15, -0.1) is 0 Å². The molecular weight excluding hydrogens is 416 g/mol. The van der Waals surface area contributed by atoms with Crippen molar-refractivity contribution in [2.45, 2.75) is 4.90 Å². The molecule has 1 N–H and O–H groups in total. The van der Waals surface area contributed by atoms with Crippen molar-refractivity contribution in [3.05, 3.63) is 66.9 Å². The quantitative estimate of drug-likeness (QED) is 0.518. The molecule has 0 aliphatic carbocycles. The summed E-state index contributed by atoms with van der Waals surface area (Å²) >= 11 is 1.02. The second-order valence-corrected chi connectivity index (χ2v) is 9.28. The number of sulfonamides is 1. The van der Waals surface area contributed by atoms with Crippen LogP contribution >= 0.6 is 11.3 Å². The van der Waals surface area contributed by atoms with Crippen molar-refractivity contribution < 1.29 is 8.42 Å². The Morgan fingerprint density at radius 2 is 1.55 bits per heavy atom. The molecule has 0 bridgehead atoms. The van der Waals surface area contributed by atoms with Crippen molar-refractivity contribution in [3.63, 3.8) is 0 Å². The Hall–Kier alpha value is -3.18. The summed E-state index contributed by atoms with van der Waals surface area (Å²) in [7, 11) is 0.500. The molecule has 0 saturated heterocycles. The number of nitrogens with one attached hydrogen (secondary N) is 1. The highest BCUT2D eigenvalue weighted by atomic mass is 32.2. The van der Waals surface area contributed by atoms with E-state index in [4.69, 9.17) is 0 Å². The van der Waals surface area contributed by atoms with Gasteiger partial charge in [-0.3, -0.25) is 23.4 Å². The molecule has 0 radical (unpaired) electrons. The zero-order valence-electron chi connectivity index (χ0n) is 15.7. The van der Waals surface area contributed by atoms with Gasteiger partial charge in [0, 0.05) is 21.1 Å². The molecule has 2 aromatic heterocycles. The number of hydrogen-bond donors (Lipinski definition) is 1. The lowest BCUT2D eigenvalue weighted by Crippen LogP contribution is -2.37. The van der Waals surface area contributed by atoms with E-state index in [9.17, 15) is 22.8 Å². The zero-order chi connectivity index (χ0) is 21.1. The van der Waals surface area contributed by atoms with Crippen LogP contribution in [0.2, 0.25) is 0 Å². The highest BCUT2D eigenvalue weighted by Crippen LogP contribution is 2.24. The Balaban J connectivity index is 1.81. The minimum absolute atomic E-state index is 0.109. The molecule has 0 atom stereocenters. The zero-order valence-corrected chi connectivity index (χ0v) is 17.3. The van der Waals surface area contributed by atoms with E-state index in [1.807, 2.05) is 0 Å². The third-order valence-electron chi connectivity index (χ3n) is 4.79. The normalized spacial score (nSPS) is 12.0. The smallest absolute Gasteiger partial charge is 0.302 e. The first-order valence-corrected chi connectivity index (χ1v) is 10.7. The highest BCUT2D eigenvalue weighted by Gasteiger charge is 2.18. The topological polar surface area (TPSA) is 112 Å². The first-order valence-electron chi connectivity index (χ1n) is 8.42. The van der Waals surface area contributed by atoms with Gasteiger partial charge >= 0.3 is 10.6 Å². The summed E-state index contributed by atoms with van der Waals surface area (Å²) in [5.41, 5.74) is 0.278. The molecule has 11 heteroatoms. The van der Waals surface area contributed by atoms with E-state index in [-0.39, 0.29) is 15.2 Å². The van der Waals surface area contributed by atoms with Crippen molar-refractivity contribution in [3.8, 4) is 0 Å². The number of aromatic nitrogens is 3. The first kappa shape index (κ1) is 19.2. The van der Waals surface area contributed by atoms with Crippen LogP contribution in [0.5, 0.6) is 0 Å². The number of rotatable bonds is 3. The Labute approximate surface area is 168 Å². The van der Waals surface area contributed by atoms with E-state index in [1.165, 1.54) is 41.4 Å². The summed E-state index contributed by atoms with van der Waals surface area (Å²) in [4.78, 5) is 36.0. The third kappa shape index (κ3) is 2.98. The fraction of sp³-hybridized carbons (Fsp3) is 0.167. The lowest BCUT2D eigenvalue weighted by Gasteiger charge is -2.11. The average molecular weight is 432 g/mol. The van der Waals surface area contributed by atoms with Crippen molar-refractivity contribution in [2.75, 3.05) is 4.72 Å². The lowest BCUT2D eigenvalue weighted by atomic mass is 10.2. The van der Waals surface area contributed by atoms with Gasteiger partial charge in [-0.05, 0) is 36.4 Å². The summed E-state index contributed by atoms with van der Waals surface area (Å²) in [6.07, 6.45) is 0. The van der Waals surface area contributed by atoms with Crippen LogP contribution in [0, 0.1) is 0 Å². The summed E-state index contributed by atoms with van der Waals surface area (Å²) in [5, 5.41) is 0.120. The predicted octanol–water partition coefficient (Wildman–Crippen LogP) is 0.951. The van der Waals surface area contributed by atoms with Gasteiger partial charge in [-0.25, -0.2) is 13.2 Å². The van der Waals surface area contributed by atoms with Gasteiger partial charge < -0.3 is 4.57 Å². The second kappa shape index (κ2) is 6.42. The average Bonchev–Trinajstić information content (AvgIpc) is 2.97. The number of anilines is 1. The third-order valence-corrected chi connectivity index (χ3v) is 7.17. The molecule has 0 aliphatic heterocycles. The van der Waals surface area contributed by atoms with Gasteiger partial charge in [0.2, 0.25) is 0 Å². The van der Waals surface area contributed by atoms with E-state index in [0.717, 1.165) is 15.9 Å². The minimum Gasteiger partial charge on any atom is -0.302 e. The van der Waals surface area contributed by atoms with Crippen LogP contribution in [0.25, 0.3) is 21.1 Å². The molecule has 4 rings (SSSR count). The Bertz CT molecular complexity index is 1590. The lowest BCUT2D eigenvalue weighted by molar-refractivity contribution is 0.601. The van der Waals surface area contributed by atoms with Crippen LogP contribution in [0.3, 0.4) is 0 Å². The van der Waals surface area contributed by atoms with Gasteiger partial charge in [0.15, 0.2) is 0 Å². The van der Waals surface area contributed by atoms with Crippen molar-refractivity contribution >= 4 is 48.2 Å². The van der Waals surface area contributed by atoms with E-state index >= 15 is 0 Å². The first-order chi connectivity index (χ1) is 13.6. The predicted molar refractivity (Wildman–Crippen MR) is 112 cm³/mol. The maximum absolute atomic E-state index is 12.8. The van der Waals surface area contributed by atoms with Gasteiger partial charge in [-0.1, -0.05) is 11.3 Å². The highest BCUT2D eigenvalue weighted by molar-refractivity contribution is 7.92. The molecule has 2 heterocycles. The van der Waals surface area contributed by atoms with E-state index < -0.39 is 21.3 Å². The van der Waals surface area contributed by atoms with Gasteiger partial charge in [-0.2, -0.15) is 0 Å². The molecule has 0 unspecified atom stereocenters. The number of aryl methyl sites for hydroxylation is 2. The monoisotopic (exact) mass is 432 g/mol. The second-order valence-electron chi connectivity index (χ2n) is 6.60. The van der Waals surface area contributed by atoms with Crippen molar-refractivity contribution in [1.29, 1.82) is 0 Å². The maximum Gasteiger partial charge on any atom is 0.330 e. The number of thiazole rings is 1. The molecule has 29 heavy (non-hydrogen) atoms. The number of hydrogen-bond acceptors (Lipinski definition) is 6. The Morgan fingerprint density at radius 1 is 0.862 bits per heavy atom. The van der Waals surface area contributed by atoms with Crippen LogP contribution in [-0.2, 0) is 31.2 Å². The summed E-state index contributed by atoms with van der Waals surface area (Å²) in [6, 6.07) is 8.83. The van der Waals surface area contributed by atoms with Gasteiger partial charge in [0.25, 0.3) is 15.6 Å². The maximum atomic E-state index is 12.8. The fourth-order valence-corrected chi connectivity index (χ4v) is 5.15. The minimum atomic E-state index is -4.00. The molecule has 0 aliphatic rings. The summed E-state index contributed by atoms with van der Waals surface area (Å²) in [6.45, 7) is 0. The van der Waals surface area contributed by atoms with E-state index in [0.29, 0.717) is 21.4 Å². The number of benzene rings is 2. The fourth-order valence-electron chi connectivity index (χ4n) is 3.15. The van der Waals surface area contributed by atoms with E-state index in [2.05, 4.69) is 4.72 Å². The van der Waals surface area contributed by atoms with Gasteiger partial charge in [0.05, 0.1) is 31.7 Å². The molecule has 4 aromatic rings. The van der Waals surface area contributed by atoms with Crippen molar-refractivity contribution in [1.82, 2.24) is 13.7 Å². The van der Waals surface area contributed by atoms with Crippen LogP contribution in [0.1, 0.15) is 0 Å². The summed E-state index contributed by atoms with van der Waals surface area (Å²) in [5.74, 6) is 0. The standard InChI is InChI=1S/C18H16N4O5S2/c1-20-13-7-5-11(9-12(13)16(23)22(3)17(20)24)29(26,27)19-10-4-6-14-15(8-10)28-18(25)21(14)2/h4-9,19H,1-3H3. The molecule has 9 nitrogen and oxygen atoms in total. The Morgan fingerprint density at radius 3 is 2.28 bits per heavy atom. The van der Waals surface area contributed by atoms with Crippen LogP contribution < -0.4 is 20.8 Å². The van der Waals surface area contributed by atoms with E-state index in [1.54, 1.807) is 25.2 Å². The molecular formula is C18H16N4O5S2. The molecule has 2 aromatic carbocycles. The van der Waals surface area contributed by atoms with Gasteiger partial charge in [0.1, 0.15) is 0 Å². The van der Waals surface area contributed by atoms with Crippen LogP contribution in [-0.4, -0.2) is 22.1 Å². The summed E-state index contributed by atoms with van der Waals surface area (Å²) < 4.78 is 32.5. The molecule has 0 fully saturated rings. The largest absolute Gasteiger partial charge is 0.330 e. The molecule has 0 spiro atoms. The van der Waals surface area contributed by atoms with Crippen LogP contribution in [0.4, 0.5) is 5.69 Å². The number of fused-ring (bicyclic) bond motifs is 2. The van der Waals surface area contributed by atoms with Crippen LogP contribution in [0.15, 0.2) is 55.7 Å². The number of nitrogens with zero attached hydrogens (tertiary/aromatic N) is 3. The SMILES string of the molecule is Cn1c(=O)c2cc(S(=O)(=O)Nc3ccc4c(c3)sc(=O)n4C)ccc2n(C)c1=O. The molecule has 0 amide bonds.